The molecule has 0 aromatic heterocycles. The number of rotatable bonds is 7. The van der Waals surface area contributed by atoms with E-state index in [-0.39, 0.29) is 18.0 Å². The summed E-state index contributed by atoms with van der Waals surface area (Å²) in [6, 6.07) is 22.3. The van der Waals surface area contributed by atoms with Crippen molar-refractivity contribution in [3.8, 4) is 23.3 Å². The number of nitrogens with one attached hydrogen (secondary N) is 1. The topological polar surface area (TPSA) is 97.4 Å². The average molecular weight is 520 g/mol. The molecule has 0 saturated heterocycles. The van der Waals surface area contributed by atoms with Gasteiger partial charge in [0.25, 0.3) is 5.91 Å². The lowest BCUT2D eigenvalue weighted by Crippen LogP contribution is -2.40. The molecule has 3 aromatic rings. The van der Waals surface area contributed by atoms with Gasteiger partial charge in [-0.2, -0.15) is 5.26 Å². The first-order valence-electron chi connectivity index (χ1n) is 11.3. The second-order valence-corrected chi connectivity index (χ2v) is 9.35. The number of nitrogens with two attached hydrogens (primary N) is 1. The van der Waals surface area contributed by atoms with Gasteiger partial charge in [-0.25, -0.2) is 0 Å². The van der Waals surface area contributed by atoms with Crippen LogP contribution in [-0.2, 0) is 6.61 Å². The SMILES string of the molecule is N#Cc1ccc(Oc2cc(OCc3cccc(Br)c3)cc(C(=O)NC3CCC(N)CC3)c2)cc1. The van der Waals surface area contributed by atoms with Gasteiger partial charge in [-0.05, 0) is 79.8 Å². The number of benzene rings is 3. The first-order chi connectivity index (χ1) is 16.5. The number of nitriles is 1. The van der Waals surface area contributed by atoms with Gasteiger partial charge in [0.1, 0.15) is 23.9 Å². The Kier molecular flexibility index (Phi) is 7.84. The van der Waals surface area contributed by atoms with Crippen LogP contribution in [0.2, 0.25) is 0 Å². The largest absolute Gasteiger partial charge is 0.489 e. The molecule has 3 aromatic carbocycles. The summed E-state index contributed by atoms with van der Waals surface area (Å²) >= 11 is 3.47. The maximum absolute atomic E-state index is 13.1. The van der Waals surface area contributed by atoms with E-state index in [1.807, 2.05) is 24.3 Å². The van der Waals surface area contributed by atoms with E-state index in [0.717, 1.165) is 35.7 Å². The van der Waals surface area contributed by atoms with E-state index in [1.165, 1.54) is 0 Å². The highest BCUT2D eigenvalue weighted by Crippen LogP contribution is 2.29. The summed E-state index contributed by atoms with van der Waals surface area (Å²) in [4.78, 5) is 13.1. The third-order valence-electron chi connectivity index (χ3n) is 5.76. The van der Waals surface area contributed by atoms with Crippen LogP contribution in [-0.4, -0.2) is 18.0 Å². The molecule has 1 fully saturated rings. The van der Waals surface area contributed by atoms with Crippen LogP contribution in [0, 0.1) is 11.3 Å². The van der Waals surface area contributed by atoms with Crippen LogP contribution < -0.4 is 20.5 Å². The van der Waals surface area contributed by atoms with Gasteiger partial charge >= 0.3 is 0 Å². The van der Waals surface area contributed by atoms with Gasteiger partial charge in [-0.1, -0.05) is 28.1 Å². The van der Waals surface area contributed by atoms with E-state index >= 15 is 0 Å². The standard InChI is InChI=1S/C27H26BrN3O3/c28-21-3-1-2-19(12-21)17-33-25-13-20(27(32)31-23-8-6-22(30)7-9-23)14-26(15-25)34-24-10-4-18(16-29)5-11-24/h1-5,10-15,22-23H,6-9,17,30H2,(H,31,32). The fourth-order valence-corrected chi connectivity index (χ4v) is 4.35. The van der Waals surface area contributed by atoms with Crippen molar-refractivity contribution in [1.82, 2.24) is 5.32 Å². The molecule has 0 atom stereocenters. The lowest BCUT2D eigenvalue weighted by molar-refractivity contribution is 0.0925. The van der Waals surface area contributed by atoms with Crippen molar-refractivity contribution in [2.24, 2.45) is 5.73 Å². The molecule has 0 heterocycles. The monoisotopic (exact) mass is 519 g/mol. The Morgan fingerprint density at radius 1 is 1.00 bits per heavy atom. The van der Waals surface area contributed by atoms with Crippen LogP contribution >= 0.6 is 15.9 Å². The summed E-state index contributed by atoms with van der Waals surface area (Å²) in [6.45, 7) is 0.349. The molecular formula is C27H26BrN3O3. The summed E-state index contributed by atoms with van der Waals surface area (Å²) in [5, 5.41) is 12.1. The molecular weight excluding hydrogens is 494 g/mol. The summed E-state index contributed by atoms with van der Waals surface area (Å²) in [7, 11) is 0. The maximum atomic E-state index is 13.1. The minimum absolute atomic E-state index is 0.112. The Hall–Kier alpha value is -3.34. The third-order valence-corrected chi connectivity index (χ3v) is 6.26. The number of halogens is 1. The van der Waals surface area contributed by atoms with Crippen molar-refractivity contribution in [3.63, 3.8) is 0 Å². The summed E-state index contributed by atoms with van der Waals surface area (Å²) in [5.74, 6) is 1.41. The minimum Gasteiger partial charge on any atom is -0.489 e. The van der Waals surface area contributed by atoms with Crippen LogP contribution in [0.4, 0.5) is 0 Å². The first kappa shape index (κ1) is 23.8. The molecule has 4 rings (SSSR count). The van der Waals surface area contributed by atoms with Gasteiger partial charge in [0, 0.05) is 28.2 Å². The van der Waals surface area contributed by atoms with Crippen molar-refractivity contribution in [3.05, 3.63) is 87.9 Å². The van der Waals surface area contributed by atoms with Crippen molar-refractivity contribution >= 4 is 21.8 Å². The van der Waals surface area contributed by atoms with Crippen LogP contribution in [0.3, 0.4) is 0 Å². The Morgan fingerprint density at radius 2 is 1.74 bits per heavy atom. The zero-order chi connectivity index (χ0) is 23.9. The minimum atomic E-state index is -0.168. The first-order valence-corrected chi connectivity index (χ1v) is 12.0. The molecule has 1 aliphatic carbocycles. The highest BCUT2D eigenvalue weighted by molar-refractivity contribution is 9.10. The number of hydrogen-bond acceptors (Lipinski definition) is 5. The van der Waals surface area contributed by atoms with E-state index in [4.69, 9.17) is 20.5 Å². The molecule has 3 N–H and O–H groups in total. The van der Waals surface area contributed by atoms with Crippen molar-refractivity contribution < 1.29 is 14.3 Å². The number of nitrogens with zero attached hydrogens (tertiary/aromatic N) is 1. The van der Waals surface area contributed by atoms with E-state index in [0.29, 0.717) is 35.0 Å². The predicted molar refractivity (Wildman–Crippen MR) is 134 cm³/mol. The molecule has 0 aliphatic heterocycles. The summed E-state index contributed by atoms with van der Waals surface area (Å²) in [5.41, 5.74) is 8.00. The number of ether oxygens (including phenoxy) is 2. The summed E-state index contributed by atoms with van der Waals surface area (Å²) < 4.78 is 13.0. The Morgan fingerprint density at radius 3 is 2.44 bits per heavy atom. The van der Waals surface area contributed by atoms with Crippen LogP contribution in [0.15, 0.2) is 71.2 Å². The Bertz CT molecular complexity index is 1180. The maximum Gasteiger partial charge on any atom is 0.251 e. The van der Waals surface area contributed by atoms with Crippen LogP contribution in [0.25, 0.3) is 0 Å². The highest BCUT2D eigenvalue weighted by atomic mass is 79.9. The van der Waals surface area contributed by atoms with Gasteiger partial charge in [0.2, 0.25) is 0 Å². The van der Waals surface area contributed by atoms with Crippen molar-refractivity contribution in [2.45, 2.75) is 44.4 Å². The van der Waals surface area contributed by atoms with Gasteiger partial charge in [-0.3, -0.25) is 4.79 Å². The molecule has 174 valence electrons. The van der Waals surface area contributed by atoms with Gasteiger partial charge < -0.3 is 20.5 Å². The van der Waals surface area contributed by atoms with Crippen LogP contribution in [0.1, 0.15) is 47.2 Å². The lowest BCUT2D eigenvalue weighted by atomic mass is 9.91. The zero-order valence-corrected chi connectivity index (χ0v) is 20.3. The summed E-state index contributed by atoms with van der Waals surface area (Å²) in [6.07, 6.45) is 3.57. The van der Waals surface area contributed by atoms with Gasteiger partial charge in [0.15, 0.2) is 0 Å². The molecule has 1 saturated carbocycles. The molecule has 6 nitrogen and oxygen atoms in total. The number of amides is 1. The molecule has 1 aliphatic rings. The van der Waals surface area contributed by atoms with Crippen molar-refractivity contribution in [2.75, 3.05) is 0 Å². The van der Waals surface area contributed by atoms with E-state index in [2.05, 4.69) is 27.3 Å². The van der Waals surface area contributed by atoms with E-state index in [9.17, 15) is 4.79 Å². The van der Waals surface area contributed by atoms with Gasteiger partial charge in [-0.15, -0.1) is 0 Å². The molecule has 0 unspecified atom stereocenters. The van der Waals surface area contributed by atoms with E-state index in [1.54, 1.807) is 42.5 Å². The Balaban J connectivity index is 1.54. The number of hydrogen-bond donors (Lipinski definition) is 2. The van der Waals surface area contributed by atoms with Gasteiger partial charge in [0.05, 0.1) is 11.6 Å². The smallest absolute Gasteiger partial charge is 0.251 e. The van der Waals surface area contributed by atoms with E-state index < -0.39 is 0 Å². The van der Waals surface area contributed by atoms with Crippen molar-refractivity contribution in [1.29, 1.82) is 5.26 Å². The molecule has 34 heavy (non-hydrogen) atoms. The third kappa shape index (κ3) is 6.60. The molecule has 0 spiro atoms. The molecule has 0 radical (unpaired) electrons. The highest BCUT2D eigenvalue weighted by Gasteiger charge is 2.21. The van der Waals surface area contributed by atoms with Crippen LogP contribution in [0.5, 0.6) is 17.2 Å². The lowest BCUT2D eigenvalue weighted by Gasteiger charge is -2.26. The normalized spacial score (nSPS) is 17.4. The molecule has 7 heteroatoms. The fourth-order valence-electron chi connectivity index (χ4n) is 3.90. The fraction of sp³-hybridized carbons (Fsp3) is 0.259. The average Bonchev–Trinajstić information content (AvgIpc) is 2.84. The molecule has 0 bridgehead atoms. The second kappa shape index (κ2) is 11.2. The number of carbonyl (C=O) groups is 1. The molecule has 1 amide bonds. The zero-order valence-electron chi connectivity index (χ0n) is 18.7. The predicted octanol–water partition coefficient (Wildman–Crippen LogP) is 5.69. The second-order valence-electron chi connectivity index (χ2n) is 8.44. The quantitative estimate of drug-likeness (QED) is 0.417. The number of carbonyl (C=O) groups excluding carboxylic acids is 1. The Labute approximate surface area is 207 Å².